The van der Waals surface area contributed by atoms with Crippen molar-refractivity contribution < 1.29 is 0 Å². The summed E-state index contributed by atoms with van der Waals surface area (Å²) >= 11 is 17.3. The zero-order valence-corrected chi connectivity index (χ0v) is 10.5. The molecule has 0 bridgehead atoms. The fourth-order valence-electron chi connectivity index (χ4n) is 0.886. The summed E-state index contributed by atoms with van der Waals surface area (Å²) in [6.45, 7) is 0. The van der Waals surface area contributed by atoms with Gasteiger partial charge in [0.1, 0.15) is 6.07 Å². The Balaban J connectivity index is 2.98. The Bertz CT molecular complexity index is 509. The van der Waals surface area contributed by atoms with Gasteiger partial charge in [0.25, 0.3) is 0 Å². The number of hydrogen-bond acceptors (Lipinski definition) is 4. The third-order valence-corrected chi connectivity index (χ3v) is 2.84. The maximum absolute atomic E-state index is 8.61. The molecular formula is C9H6Cl3N5. The first-order valence-electron chi connectivity index (χ1n) is 4.18. The first-order valence-corrected chi connectivity index (χ1v) is 5.32. The van der Waals surface area contributed by atoms with Crippen LogP contribution >= 0.6 is 34.8 Å². The van der Waals surface area contributed by atoms with Crippen molar-refractivity contribution in [1.29, 1.82) is 10.7 Å². The largest absolute Gasteiger partial charge is 0.382 e. The van der Waals surface area contributed by atoms with Gasteiger partial charge in [-0.3, -0.25) is 10.8 Å². The number of amidine groups is 1. The van der Waals surface area contributed by atoms with Crippen LogP contribution in [0.15, 0.2) is 17.2 Å². The van der Waals surface area contributed by atoms with Crippen molar-refractivity contribution in [3.05, 3.63) is 27.2 Å². The summed E-state index contributed by atoms with van der Waals surface area (Å²) in [5.41, 5.74) is 7.80. The summed E-state index contributed by atoms with van der Waals surface area (Å²) in [6, 6.07) is 4.62. The van der Waals surface area contributed by atoms with Crippen LogP contribution in [0.25, 0.3) is 0 Å². The van der Waals surface area contributed by atoms with Crippen LogP contribution in [0.5, 0.6) is 0 Å². The molecule has 0 heterocycles. The molecule has 1 aromatic rings. The van der Waals surface area contributed by atoms with E-state index < -0.39 is 5.84 Å². The second kappa shape index (κ2) is 5.73. The SMILES string of the molecule is N#C/C(=N\Nc1cc(Cl)c(Cl)c(Cl)c1)C(=N)N. The maximum Gasteiger partial charge on any atom is 0.201 e. The second-order valence-corrected chi connectivity index (χ2v) is 4.04. The lowest BCUT2D eigenvalue weighted by Gasteiger charge is -2.04. The van der Waals surface area contributed by atoms with Gasteiger partial charge in [0.2, 0.25) is 5.71 Å². The van der Waals surface area contributed by atoms with Crippen molar-refractivity contribution in [2.45, 2.75) is 0 Å². The number of nitriles is 1. The van der Waals surface area contributed by atoms with Crippen molar-refractivity contribution in [1.82, 2.24) is 0 Å². The number of hydrazone groups is 1. The van der Waals surface area contributed by atoms with Crippen LogP contribution < -0.4 is 11.2 Å². The Kier molecular flexibility index (Phi) is 4.58. The molecule has 8 heteroatoms. The third kappa shape index (κ3) is 3.49. The summed E-state index contributed by atoms with van der Waals surface area (Å²) in [5, 5.41) is 20.0. The minimum Gasteiger partial charge on any atom is -0.382 e. The lowest BCUT2D eigenvalue weighted by Crippen LogP contribution is -2.21. The van der Waals surface area contributed by atoms with Gasteiger partial charge in [-0.2, -0.15) is 10.4 Å². The average Bonchev–Trinajstić information content (AvgIpc) is 2.26. The van der Waals surface area contributed by atoms with Crippen LogP contribution in [-0.4, -0.2) is 11.5 Å². The van der Waals surface area contributed by atoms with E-state index in [1.54, 1.807) is 6.07 Å². The van der Waals surface area contributed by atoms with Crippen molar-refractivity contribution in [2.24, 2.45) is 10.8 Å². The molecule has 17 heavy (non-hydrogen) atoms. The average molecular weight is 291 g/mol. The van der Waals surface area contributed by atoms with E-state index >= 15 is 0 Å². The molecule has 0 aromatic heterocycles. The molecule has 1 rings (SSSR count). The Morgan fingerprint density at radius 3 is 2.29 bits per heavy atom. The highest BCUT2D eigenvalue weighted by atomic mass is 35.5. The van der Waals surface area contributed by atoms with Crippen LogP contribution in [0, 0.1) is 16.7 Å². The van der Waals surface area contributed by atoms with E-state index in [0.29, 0.717) is 5.69 Å². The summed E-state index contributed by atoms with van der Waals surface area (Å²) in [4.78, 5) is 0. The van der Waals surface area contributed by atoms with Crippen LogP contribution in [0.3, 0.4) is 0 Å². The highest BCUT2D eigenvalue weighted by Gasteiger charge is 2.06. The number of benzene rings is 1. The fourth-order valence-corrected chi connectivity index (χ4v) is 1.48. The summed E-state index contributed by atoms with van der Waals surface area (Å²) in [6.07, 6.45) is 0. The van der Waals surface area contributed by atoms with Gasteiger partial charge >= 0.3 is 0 Å². The fraction of sp³-hybridized carbons (Fsp3) is 0. The van der Waals surface area contributed by atoms with Gasteiger partial charge in [0.05, 0.1) is 20.8 Å². The van der Waals surface area contributed by atoms with Gasteiger partial charge in [-0.1, -0.05) is 34.8 Å². The van der Waals surface area contributed by atoms with E-state index in [4.69, 9.17) is 51.2 Å². The van der Waals surface area contributed by atoms with E-state index in [1.807, 2.05) is 0 Å². The number of hydrogen-bond donors (Lipinski definition) is 3. The quantitative estimate of drug-likeness (QED) is 0.345. The molecule has 4 N–H and O–H groups in total. The molecule has 0 saturated heterocycles. The predicted octanol–water partition coefficient (Wildman–Crippen LogP) is 2.87. The number of nitrogens with two attached hydrogens (primary N) is 1. The lowest BCUT2D eigenvalue weighted by molar-refractivity contribution is 1.33. The minimum absolute atomic E-state index is 0.231. The molecule has 88 valence electrons. The van der Waals surface area contributed by atoms with Crippen molar-refractivity contribution in [2.75, 3.05) is 5.43 Å². The number of halogens is 3. The smallest absolute Gasteiger partial charge is 0.201 e. The van der Waals surface area contributed by atoms with E-state index in [9.17, 15) is 0 Å². The molecule has 0 aliphatic carbocycles. The molecule has 0 amide bonds. The number of nitrogens with zero attached hydrogens (tertiary/aromatic N) is 2. The molecular weight excluding hydrogens is 284 g/mol. The van der Waals surface area contributed by atoms with Gasteiger partial charge in [-0.05, 0) is 12.1 Å². The predicted molar refractivity (Wildman–Crippen MR) is 70.1 cm³/mol. The summed E-state index contributed by atoms with van der Waals surface area (Å²) < 4.78 is 0. The van der Waals surface area contributed by atoms with Gasteiger partial charge in [0.15, 0.2) is 5.84 Å². The van der Waals surface area contributed by atoms with E-state index in [0.717, 1.165) is 0 Å². The first-order chi connectivity index (χ1) is 7.95. The van der Waals surface area contributed by atoms with Crippen molar-refractivity contribution in [3.63, 3.8) is 0 Å². The van der Waals surface area contributed by atoms with Gasteiger partial charge in [-0.25, -0.2) is 0 Å². The highest BCUT2D eigenvalue weighted by Crippen LogP contribution is 2.33. The standard InChI is InChI=1S/C9H6Cl3N5/c10-5-1-4(2-6(11)8(5)12)16-17-7(3-13)9(14)15/h1-2,16H,(H3,14,15)/b17-7+. The van der Waals surface area contributed by atoms with Crippen LogP contribution in [0.1, 0.15) is 0 Å². The normalized spacial score (nSPS) is 10.8. The third-order valence-electron chi connectivity index (χ3n) is 1.64. The molecule has 0 radical (unpaired) electrons. The van der Waals surface area contributed by atoms with Gasteiger partial charge in [-0.15, -0.1) is 0 Å². The van der Waals surface area contributed by atoms with E-state index in [-0.39, 0.29) is 20.8 Å². The molecule has 5 nitrogen and oxygen atoms in total. The topological polar surface area (TPSA) is 98.0 Å². The summed E-state index contributed by atoms with van der Waals surface area (Å²) in [5.74, 6) is -0.439. The monoisotopic (exact) mass is 289 g/mol. The molecule has 0 spiro atoms. The first kappa shape index (κ1) is 13.6. The Morgan fingerprint density at radius 2 is 1.88 bits per heavy atom. The number of nitrogens with one attached hydrogen (secondary N) is 2. The van der Waals surface area contributed by atoms with Crippen LogP contribution in [0.4, 0.5) is 5.69 Å². The number of rotatable bonds is 3. The maximum atomic E-state index is 8.61. The zero-order valence-electron chi connectivity index (χ0n) is 8.26. The Morgan fingerprint density at radius 1 is 1.35 bits per heavy atom. The molecule has 0 aliphatic heterocycles. The Labute approximate surface area is 112 Å². The summed E-state index contributed by atoms with van der Waals surface area (Å²) in [7, 11) is 0. The van der Waals surface area contributed by atoms with Gasteiger partial charge < -0.3 is 5.73 Å². The Hall–Kier alpha value is -1.48. The molecule has 0 atom stereocenters. The van der Waals surface area contributed by atoms with E-state index in [1.165, 1.54) is 12.1 Å². The lowest BCUT2D eigenvalue weighted by atomic mass is 10.3. The van der Waals surface area contributed by atoms with Crippen LogP contribution in [-0.2, 0) is 0 Å². The molecule has 0 aliphatic rings. The van der Waals surface area contributed by atoms with Crippen molar-refractivity contribution in [3.8, 4) is 6.07 Å². The van der Waals surface area contributed by atoms with Crippen molar-refractivity contribution >= 4 is 52.0 Å². The van der Waals surface area contributed by atoms with Gasteiger partial charge in [0, 0.05) is 0 Å². The second-order valence-electron chi connectivity index (χ2n) is 2.85. The highest BCUT2D eigenvalue weighted by molar-refractivity contribution is 6.48. The molecule has 1 aromatic carbocycles. The number of anilines is 1. The molecule has 0 saturated carbocycles. The zero-order chi connectivity index (χ0) is 13.0. The molecule has 0 unspecified atom stereocenters. The van der Waals surface area contributed by atoms with E-state index in [2.05, 4.69) is 10.5 Å². The molecule has 0 fully saturated rings. The van der Waals surface area contributed by atoms with Crippen LogP contribution in [0.2, 0.25) is 15.1 Å². The minimum atomic E-state index is -0.439.